The Labute approximate surface area is 155 Å². The molecule has 0 fully saturated rings. The number of methoxy groups -OCH3 is 1. The van der Waals surface area contributed by atoms with Crippen molar-refractivity contribution >= 4 is 28.2 Å². The monoisotopic (exact) mass is 366 g/mol. The van der Waals surface area contributed by atoms with Gasteiger partial charge in [0, 0.05) is 16.5 Å². The second kappa shape index (κ2) is 7.49. The highest BCUT2D eigenvalue weighted by Crippen LogP contribution is 2.28. The number of hydrogen-bond donors (Lipinski definition) is 1. The number of benzene rings is 2. The molecule has 0 spiro atoms. The Morgan fingerprint density at radius 2 is 1.81 bits per heavy atom. The summed E-state index contributed by atoms with van der Waals surface area (Å²) in [7, 11) is 1.54. The van der Waals surface area contributed by atoms with Gasteiger partial charge in [-0.2, -0.15) is 0 Å². The number of aryl methyl sites for hydroxylation is 2. The van der Waals surface area contributed by atoms with Gasteiger partial charge in [-0.15, -0.1) is 11.3 Å². The molecule has 0 radical (unpaired) electrons. The Balaban J connectivity index is 1.73. The molecule has 0 saturated heterocycles. The van der Waals surface area contributed by atoms with Crippen LogP contribution in [0.4, 0.5) is 5.13 Å². The van der Waals surface area contributed by atoms with E-state index in [1.54, 1.807) is 31.4 Å². The van der Waals surface area contributed by atoms with Gasteiger partial charge in [-0.3, -0.25) is 14.9 Å². The van der Waals surface area contributed by atoms with Crippen molar-refractivity contribution in [3.63, 3.8) is 0 Å². The second-order valence-electron chi connectivity index (χ2n) is 5.87. The largest absolute Gasteiger partial charge is 0.497 e. The highest BCUT2D eigenvalue weighted by Gasteiger charge is 2.18. The number of thiazole rings is 1. The van der Waals surface area contributed by atoms with Gasteiger partial charge in [-0.1, -0.05) is 23.8 Å². The summed E-state index contributed by atoms with van der Waals surface area (Å²) in [5.74, 6) is -0.701. The molecule has 1 heterocycles. The molecule has 132 valence electrons. The molecule has 0 bridgehead atoms. The van der Waals surface area contributed by atoms with Gasteiger partial charge < -0.3 is 4.74 Å². The molecule has 0 aliphatic carbocycles. The molecule has 6 heteroatoms. The van der Waals surface area contributed by atoms with E-state index in [0.717, 1.165) is 16.8 Å². The van der Waals surface area contributed by atoms with Gasteiger partial charge in [0.2, 0.25) is 0 Å². The molecule has 26 heavy (non-hydrogen) atoms. The van der Waals surface area contributed by atoms with E-state index in [1.807, 2.05) is 31.4 Å². The molecule has 0 aliphatic heterocycles. The van der Waals surface area contributed by atoms with Crippen molar-refractivity contribution in [3.8, 4) is 17.0 Å². The Kier molecular flexibility index (Phi) is 5.14. The number of aromatic nitrogens is 1. The molecule has 5 nitrogen and oxygen atoms in total. The number of carbonyl (C=O) groups excluding carboxylic acids is 2. The number of ether oxygens (including phenoxy) is 1. The molecule has 2 aromatic carbocycles. The van der Waals surface area contributed by atoms with E-state index < -0.39 is 11.7 Å². The standard InChI is InChI=1S/C20H18N2O3S/c1-12-4-9-16(13(2)10-12)17-11-26-20(21-17)22-19(24)18(23)14-5-7-15(25-3)8-6-14/h4-11H,1-3H3,(H,21,22,24). The SMILES string of the molecule is COc1ccc(C(=O)C(=O)Nc2nc(-c3ccc(C)cc3C)cs2)cc1. The number of nitrogens with zero attached hydrogens (tertiary/aromatic N) is 1. The van der Waals surface area contributed by atoms with Crippen molar-refractivity contribution in [3.05, 3.63) is 64.5 Å². The fourth-order valence-corrected chi connectivity index (χ4v) is 3.29. The normalized spacial score (nSPS) is 10.4. The molecular formula is C20H18N2O3S. The van der Waals surface area contributed by atoms with Crippen molar-refractivity contribution in [2.45, 2.75) is 13.8 Å². The zero-order valence-electron chi connectivity index (χ0n) is 14.7. The van der Waals surface area contributed by atoms with E-state index in [4.69, 9.17) is 4.74 Å². The van der Waals surface area contributed by atoms with E-state index in [9.17, 15) is 9.59 Å². The number of carbonyl (C=O) groups is 2. The van der Waals surface area contributed by atoms with Crippen molar-refractivity contribution in [1.29, 1.82) is 0 Å². The molecule has 0 aliphatic rings. The smallest absolute Gasteiger partial charge is 0.298 e. The number of ketones is 1. The van der Waals surface area contributed by atoms with Crippen LogP contribution in [-0.4, -0.2) is 23.8 Å². The Hall–Kier alpha value is -2.99. The first-order chi connectivity index (χ1) is 12.5. The first kappa shape index (κ1) is 17.8. The fraction of sp³-hybridized carbons (Fsp3) is 0.150. The average Bonchev–Trinajstić information content (AvgIpc) is 3.09. The molecule has 0 atom stereocenters. The van der Waals surface area contributed by atoms with Crippen LogP contribution < -0.4 is 10.1 Å². The molecule has 1 aromatic heterocycles. The number of rotatable bonds is 5. The van der Waals surface area contributed by atoms with Crippen LogP contribution >= 0.6 is 11.3 Å². The fourth-order valence-electron chi connectivity index (χ4n) is 2.58. The number of nitrogens with one attached hydrogen (secondary N) is 1. The summed E-state index contributed by atoms with van der Waals surface area (Å²) in [6.07, 6.45) is 0. The first-order valence-corrected chi connectivity index (χ1v) is 8.89. The Bertz CT molecular complexity index is 961. The second-order valence-corrected chi connectivity index (χ2v) is 6.73. The van der Waals surface area contributed by atoms with Crippen LogP contribution in [0, 0.1) is 13.8 Å². The van der Waals surface area contributed by atoms with E-state index in [-0.39, 0.29) is 0 Å². The molecule has 3 aromatic rings. The number of amides is 1. The Morgan fingerprint density at radius 1 is 1.08 bits per heavy atom. The third-order valence-corrected chi connectivity index (χ3v) is 4.70. The summed E-state index contributed by atoms with van der Waals surface area (Å²) < 4.78 is 5.05. The zero-order chi connectivity index (χ0) is 18.7. The van der Waals surface area contributed by atoms with Gasteiger partial charge in [0.1, 0.15) is 5.75 Å². The number of Topliss-reactive ketones (excluding diaryl/α,β-unsaturated/α-hetero) is 1. The van der Waals surface area contributed by atoms with Crippen molar-refractivity contribution in [2.75, 3.05) is 12.4 Å². The maximum absolute atomic E-state index is 12.2. The number of anilines is 1. The van der Waals surface area contributed by atoms with Crippen LogP contribution in [0.15, 0.2) is 47.8 Å². The van der Waals surface area contributed by atoms with Crippen LogP contribution in [0.1, 0.15) is 21.5 Å². The summed E-state index contributed by atoms with van der Waals surface area (Å²) in [5.41, 5.74) is 4.38. The lowest BCUT2D eigenvalue weighted by molar-refractivity contribution is -0.112. The van der Waals surface area contributed by atoms with Crippen molar-refractivity contribution in [2.24, 2.45) is 0 Å². The van der Waals surface area contributed by atoms with Crippen LogP contribution in [0.5, 0.6) is 5.75 Å². The zero-order valence-corrected chi connectivity index (χ0v) is 15.5. The van der Waals surface area contributed by atoms with E-state index in [2.05, 4.69) is 16.4 Å². The van der Waals surface area contributed by atoms with E-state index in [1.165, 1.54) is 16.9 Å². The maximum Gasteiger partial charge on any atom is 0.298 e. The Morgan fingerprint density at radius 3 is 2.46 bits per heavy atom. The highest BCUT2D eigenvalue weighted by atomic mass is 32.1. The molecule has 1 N–H and O–H groups in total. The predicted octanol–water partition coefficient (Wildman–Crippen LogP) is 4.26. The first-order valence-electron chi connectivity index (χ1n) is 8.01. The lowest BCUT2D eigenvalue weighted by Gasteiger charge is -2.04. The lowest BCUT2D eigenvalue weighted by atomic mass is 10.0. The molecule has 3 rings (SSSR count). The van der Waals surface area contributed by atoms with Crippen molar-refractivity contribution in [1.82, 2.24) is 4.98 Å². The molecular weight excluding hydrogens is 348 g/mol. The predicted molar refractivity (Wildman–Crippen MR) is 103 cm³/mol. The van der Waals surface area contributed by atoms with E-state index >= 15 is 0 Å². The topological polar surface area (TPSA) is 68.3 Å². The van der Waals surface area contributed by atoms with Gasteiger partial charge >= 0.3 is 0 Å². The maximum atomic E-state index is 12.2. The van der Waals surface area contributed by atoms with Crippen LogP contribution in [0.3, 0.4) is 0 Å². The van der Waals surface area contributed by atoms with Crippen molar-refractivity contribution < 1.29 is 14.3 Å². The van der Waals surface area contributed by atoms with Gasteiger partial charge in [0.15, 0.2) is 5.13 Å². The van der Waals surface area contributed by atoms with Crippen LogP contribution in [0.2, 0.25) is 0 Å². The molecule has 0 saturated carbocycles. The minimum Gasteiger partial charge on any atom is -0.497 e. The summed E-state index contributed by atoms with van der Waals surface area (Å²) in [6, 6.07) is 12.5. The van der Waals surface area contributed by atoms with Crippen LogP contribution in [0.25, 0.3) is 11.3 Å². The summed E-state index contributed by atoms with van der Waals surface area (Å²) >= 11 is 1.29. The van der Waals surface area contributed by atoms with Gasteiger partial charge in [0.05, 0.1) is 12.8 Å². The lowest BCUT2D eigenvalue weighted by Crippen LogP contribution is -2.22. The van der Waals surface area contributed by atoms with Crippen LogP contribution in [-0.2, 0) is 4.79 Å². The molecule has 0 unspecified atom stereocenters. The quantitative estimate of drug-likeness (QED) is 0.541. The number of hydrogen-bond acceptors (Lipinski definition) is 5. The third-order valence-electron chi connectivity index (χ3n) is 3.94. The highest BCUT2D eigenvalue weighted by molar-refractivity contribution is 7.14. The van der Waals surface area contributed by atoms with Gasteiger partial charge in [-0.05, 0) is 43.7 Å². The summed E-state index contributed by atoms with van der Waals surface area (Å²) in [5, 5.41) is 4.84. The summed E-state index contributed by atoms with van der Waals surface area (Å²) in [4.78, 5) is 28.9. The van der Waals surface area contributed by atoms with Gasteiger partial charge in [-0.25, -0.2) is 4.98 Å². The average molecular weight is 366 g/mol. The molecule has 1 amide bonds. The minimum atomic E-state index is -0.711. The van der Waals surface area contributed by atoms with Gasteiger partial charge in [0.25, 0.3) is 11.7 Å². The summed E-state index contributed by atoms with van der Waals surface area (Å²) in [6.45, 7) is 4.06. The minimum absolute atomic E-state index is 0.300. The third kappa shape index (κ3) is 3.81. The van der Waals surface area contributed by atoms with E-state index in [0.29, 0.717) is 16.4 Å².